The van der Waals surface area contributed by atoms with Gasteiger partial charge in [-0.2, -0.15) is 0 Å². The fraction of sp³-hybridized carbons (Fsp3) is 1.00. The van der Waals surface area contributed by atoms with E-state index in [1.807, 2.05) is 7.05 Å². The Bertz CT molecular complexity index is 63.1. The van der Waals surface area contributed by atoms with E-state index in [1.165, 1.54) is 0 Å². The van der Waals surface area contributed by atoms with Gasteiger partial charge in [-0.1, -0.05) is 0 Å². The fourth-order valence-corrected chi connectivity index (χ4v) is 0.819. The molecule has 0 heterocycles. The van der Waals surface area contributed by atoms with Crippen LogP contribution in [0.3, 0.4) is 0 Å². The average Bonchev–Trinajstić information content (AvgIpc) is 1.65. The highest BCUT2D eigenvalue weighted by Crippen LogP contribution is 2.18. The summed E-state index contributed by atoms with van der Waals surface area (Å²) in [4.78, 5) is 0. The van der Waals surface area contributed by atoms with Crippen molar-refractivity contribution in [2.24, 2.45) is 0 Å². The molecule has 0 aliphatic heterocycles. The highest BCUT2D eigenvalue weighted by Gasteiger charge is 2.26. The first-order valence-electron chi connectivity index (χ1n) is 2.70. The van der Waals surface area contributed by atoms with Gasteiger partial charge in [0.25, 0.3) is 0 Å². The van der Waals surface area contributed by atoms with Crippen LogP contribution < -0.4 is 5.32 Å². The van der Waals surface area contributed by atoms with Crippen LogP contribution >= 0.6 is 0 Å². The Morgan fingerprint density at radius 2 is 2.29 bits per heavy atom. The van der Waals surface area contributed by atoms with Gasteiger partial charge in [0, 0.05) is 6.04 Å². The third kappa shape index (κ3) is 0.763. The molecule has 0 amide bonds. The van der Waals surface area contributed by atoms with Crippen LogP contribution in [-0.2, 0) is 0 Å². The molecule has 0 aromatic carbocycles. The highest BCUT2D eigenvalue weighted by molar-refractivity contribution is 4.84. The molecule has 0 spiro atoms. The Kier molecular flexibility index (Phi) is 1.30. The third-order valence-electron chi connectivity index (χ3n) is 1.61. The van der Waals surface area contributed by atoms with Crippen LogP contribution in [-0.4, -0.2) is 24.3 Å². The van der Waals surface area contributed by atoms with Crippen LogP contribution in [0.25, 0.3) is 0 Å². The molecule has 42 valence electrons. The SMILES string of the molecule is CN[C@H]1CC[C@@H]1O. The maximum atomic E-state index is 8.85. The molecule has 1 aliphatic rings. The summed E-state index contributed by atoms with van der Waals surface area (Å²) in [5, 5.41) is 11.8. The molecule has 2 atom stereocenters. The summed E-state index contributed by atoms with van der Waals surface area (Å²) in [6.45, 7) is 0. The third-order valence-corrected chi connectivity index (χ3v) is 1.61. The Morgan fingerprint density at radius 1 is 1.57 bits per heavy atom. The Morgan fingerprint density at radius 3 is 2.29 bits per heavy atom. The molecule has 0 aromatic rings. The zero-order valence-electron chi connectivity index (χ0n) is 4.52. The summed E-state index contributed by atoms with van der Waals surface area (Å²) in [6.07, 6.45) is 2.05. The molecule has 7 heavy (non-hydrogen) atoms. The summed E-state index contributed by atoms with van der Waals surface area (Å²) in [6, 6.07) is 0.389. The molecular weight excluding hydrogens is 90.1 g/mol. The quantitative estimate of drug-likeness (QED) is 0.476. The Hall–Kier alpha value is -0.0800. The number of aliphatic hydroxyl groups is 1. The Labute approximate surface area is 43.5 Å². The van der Waals surface area contributed by atoms with E-state index in [2.05, 4.69) is 5.32 Å². The van der Waals surface area contributed by atoms with Crippen LogP contribution in [0, 0.1) is 0 Å². The van der Waals surface area contributed by atoms with Crippen molar-refractivity contribution in [3.05, 3.63) is 0 Å². The largest absolute Gasteiger partial charge is 0.392 e. The lowest BCUT2D eigenvalue weighted by molar-refractivity contribution is 0.0541. The lowest BCUT2D eigenvalue weighted by Crippen LogP contribution is -2.45. The van der Waals surface area contributed by atoms with Crippen molar-refractivity contribution < 1.29 is 5.11 Å². The molecule has 2 nitrogen and oxygen atoms in total. The number of aliphatic hydroxyl groups excluding tert-OH is 1. The second-order valence-corrected chi connectivity index (χ2v) is 2.04. The lowest BCUT2D eigenvalue weighted by atomic mass is 9.90. The first-order chi connectivity index (χ1) is 3.34. The number of rotatable bonds is 1. The van der Waals surface area contributed by atoms with E-state index in [0.29, 0.717) is 6.04 Å². The van der Waals surface area contributed by atoms with Gasteiger partial charge >= 0.3 is 0 Å². The van der Waals surface area contributed by atoms with Crippen LogP contribution in [0.5, 0.6) is 0 Å². The van der Waals surface area contributed by atoms with Gasteiger partial charge in [0.1, 0.15) is 0 Å². The molecule has 0 saturated heterocycles. The van der Waals surface area contributed by atoms with E-state index >= 15 is 0 Å². The topological polar surface area (TPSA) is 32.3 Å². The van der Waals surface area contributed by atoms with Crippen molar-refractivity contribution in [2.45, 2.75) is 25.0 Å². The van der Waals surface area contributed by atoms with E-state index in [-0.39, 0.29) is 6.10 Å². The van der Waals surface area contributed by atoms with E-state index in [1.54, 1.807) is 0 Å². The number of hydrogen-bond acceptors (Lipinski definition) is 2. The van der Waals surface area contributed by atoms with E-state index in [0.717, 1.165) is 12.8 Å². The normalized spacial score (nSPS) is 40.3. The molecule has 0 bridgehead atoms. The van der Waals surface area contributed by atoms with Crippen molar-refractivity contribution in [1.29, 1.82) is 0 Å². The van der Waals surface area contributed by atoms with Crippen LogP contribution in [0.4, 0.5) is 0 Å². The average molecular weight is 101 g/mol. The summed E-state index contributed by atoms with van der Waals surface area (Å²) < 4.78 is 0. The summed E-state index contributed by atoms with van der Waals surface area (Å²) >= 11 is 0. The van der Waals surface area contributed by atoms with Crippen LogP contribution in [0.1, 0.15) is 12.8 Å². The molecule has 0 aromatic heterocycles. The minimum absolute atomic E-state index is 0.0648. The molecule has 1 aliphatic carbocycles. The van der Waals surface area contributed by atoms with Gasteiger partial charge in [-0.15, -0.1) is 0 Å². The van der Waals surface area contributed by atoms with Gasteiger partial charge in [0.15, 0.2) is 0 Å². The molecule has 1 fully saturated rings. The molecule has 2 N–H and O–H groups in total. The molecule has 2 heteroatoms. The maximum Gasteiger partial charge on any atom is 0.0693 e. The Balaban J connectivity index is 2.16. The second-order valence-electron chi connectivity index (χ2n) is 2.04. The second kappa shape index (κ2) is 1.80. The maximum absolute atomic E-state index is 8.85. The standard InChI is InChI=1S/C5H11NO/c1-6-4-2-3-5(4)7/h4-7H,2-3H2,1H3/t4-,5-/m0/s1. The summed E-state index contributed by atoms with van der Waals surface area (Å²) in [7, 11) is 1.88. The molecular formula is C5H11NO. The van der Waals surface area contributed by atoms with Gasteiger partial charge in [0.2, 0.25) is 0 Å². The monoisotopic (exact) mass is 101 g/mol. The van der Waals surface area contributed by atoms with E-state index in [9.17, 15) is 0 Å². The van der Waals surface area contributed by atoms with Gasteiger partial charge in [0.05, 0.1) is 6.10 Å². The van der Waals surface area contributed by atoms with Gasteiger partial charge in [-0.05, 0) is 19.9 Å². The number of likely N-dealkylation sites (N-methyl/N-ethyl adjacent to an activating group) is 1. The molecule has 0 unspecified atom stereocenters. The van der Waals surface area contributed by atoms with Crippen molar-refractivity contribution >= 4 is 0 Å². The molecule has 1 rings (SSSR count). The predicted molar refractivity (Wildman–Crippen MR) is 28.1 cm³/mol. The van der Waals surface area contributed by atoms with Crippen molar-refractivity contribution in [3.8, 4) is 0 Å². The number of hydrogen-bond donors (Lipinski definition) is 2. The minimum Gasteiger partial charge on any atom is -0.392 e. The van der Waals surface area contributed by atoms with Crippen molar-refractivity contribution in [2.75, 3.05) is 7.05 Å². The smallest absolute Gasteiger partial charge is 0.0693 e. The van der Waals surface area contributed by atoms with E-state index in [4.69, 9.17) is 5.11 Å². The first-order valence-corrected chi connectivity index (χ1v) is 2.70. The van der Waals surface area contributed by atoms with Crippen LogP contribution in [0.2, 0.25) is 0 Å². The number of nitrogens with one attached hydrogen (secondary N) is 1. The minimum atomic E-state index is -0.0648. The molecule has 1 saturated carbocycles. The van der Waals surface area contributed by atoms with Gasteiger partial charge in [-0.25, -0.2) is 0 Å². The van der Waals surface area contributed by atoms with Gasteiger partial charge < -0.3 is 10.4 Å². The van der Waals surface area contributed by atoms with Crippen LogP contribution in [0.15, 0.2) is 0 Å². The summed E-state index contributed by atoms with van der Waals surface area (Å²) in [5.41, 5.74) is 0. The van der Waals surface area contributed by atoms with Crippen molar-refractivity contribution in [3.63, 3.8) is 0 Å². The zero-order valence-corrected chi connectivity index (χ0v) is 4.52. The predicted octanol–water partition coefficient (Wildman–Crippen LogP) is -0.271. The summed E-state index contributed by atoms with van der Waals surface area (Å²) in [5.74, 6) is 0. The highest BCUT2D eigenvalue weighted by atomic mass is 16.3. The zero-order chi connectivity index (χ0) is 5.28. The van der Waals surface area contributed by atoms with Crippen molar-refractivity contribution in [1.82, 2.24) is 5.32 Å². The van der Waals surface area contributed by atoms with E-state index < -0.39 is 0 Å². The fourth-order valence-electron chi connectivity index (χ4n) is 0.819. The van der Waals surface area contributed by atoms with Gasteiger partial charge in [-0.3, -0.25) is 0 Å². The lowest BCUT2D eigenvalue weighted by Gasteiger charge is -2.31. The molecule has 0 radical (unpaired) electrons. The first kappa shape index (κ1) is 5.06.